The molecule has 0 saturated carbocycles. The van der Waals surface area contributed by atoms with E-state index in [1.165, 1.54) is 0 Å². The highest BCUT2D eigenvalue weighted by Crippen LogP contribution is 2.30. The fourth-order valence-electron chi connectivity index (χ4n) is 1.72. The van der Waals surface area contributed by atoms with E-state index in [0.717, 1.165) is 23.6 Å². The molecule has 15 heavy (non-hydrogen) atoms. The van der Waals surface area contributed by atoms with Crippen molar-refractivity contribution in [2.24, 2.45) is 4.99 Å². The van der Waals surface area contributed by atoms with Crippen LogP contribution in [0.15, 0.2) is 29.3 Å². The Morgan fingerprint density at radius 1 is 1.47 bits per heavy atom. The molecule has 0 N–H and O–H groups in total. The van der Waals surface area contributed by atoms with E-state index >= 15 is 0 Å². The van der Waals surface area contributed by atoms with Gasteiger partial charge in [-0.2, -0.15) is 0 Å². The highest BCUT2D eigenvalue weighted by atomic mass is 16.5. The largest absolute Gasteiger partial charge is 0.496 e. The van der Waals surface area contributed by atoms with Crippen LogP contribution in [0.3, 0.4) is 0 Å². The summed E-state index contributed by atoms with van der Waals surface area (Å²) in [5.41, 5.74) is 1.10. The lowest BCUT2D eigenvalue weighted by atomic mass is 10.1. The predicted octanol–water partition coefficient (Wildman–Crippen LogP) is 2.58. The molecule has 80 valence electrons. The van der Waals surface area contributed by atoms with Gasteiger partial charge in [-0.05, 0) is 6.07 Å². The second-order valence-corrected chi connectivity index (χ2v) is 3.45. The number of para-hydroxylation sites is 1. The number of hydrogen-bond acceptors (Lipinski definition) is 3. The van der Waals surface area contributed by atoms with E-state index in [1.54, 1.807) is 7.11 Å². The molecule has 0 radical (unpaired) electrons. The first kappa shape index (κ1) is 10.0. The lowest BCUT2D eigenvalue weighted by Crippen LogP contribution is -2.00. The number of ether oxygens (including phenoxy) is 2. The average molecular weight is 205 g/mol. The number of nitrogens with zero attached hydrogens (tertiary/aromatic N) is 1. The molecule has 3 nitrogen and oxygen atoms in total. The molecule has 1 aliphatic heterocycles. The molecule has 0 fully saturated rings. The lowest BCUT2D eigenvalue weighted by molar-refractivity contribution is 0.309. The summed E-state index contributed by atoms with van der Waals surface area (Å²) in [6.45, 7) is 2.67. The van der Waals surface area contributed by atoms with E-state index in [9.17, 15) is 0 Å². The van der Waals surface area contributed by atoms with Crippen LogP contribution in [0.2, 0.25) is 0 Å². The van der Waals surface area contributed by atoms with Crippen molar-refractivity contribution in [3.05, 3.63) is 29.8 Å². The third-order valence-electron chi connectivity index (χ3n) is 2.51. The molecule has 2 rings (SSSR count). The Kier molecular flexibility index (Phi) is 2.90. The first-order valence-electron chi connectivity index (χ1n) is 5.17. The Balaban J connectivity index is 2.27. The van der Waals surface area contributed by atoms with Crippen LogP contribution in [0, 0.1) is 0 Å². The summed E-state index contributed by atoms with van der Waals surface area (Å²) in [5, 5.41) is 0. The van der Waals surface area contributed by atoms with Gasteiger partial charge in [-0.25, -0.2) is 4.99 Å². The van der Waals surface area contributed by atoms with E-state index < -0.39 is 0 Å². The molecule has 1 aromatic rings. The molecule has 1 heterocycles. The number of hydrogen-bond donors (Lipinski definition) is 0. The Morgan fingerprint density at radius 3 is 2.93 bits per heavy atom. The fraction of sp³-hybridized carbons (Fsp3) is 0.417. The molecule has 0 aliphatic carbocycles. The minimum Gasteiger partial charge on any atom is -0.496 e. The maximum Gasteiger partial charge on any atom is 0.183 e. The molecule has 1 aliphatic rings. The van der Waals surface area contributed by atoms with Crippen molar-refractivity contribution in [2.45, 2.75) is 19.4 Å². The van der Waals surface area contributed by atoms with Crippen LogP contribution in [0.1, 0.15) is 24.9 Å². The van der Waals surface area contributed by atoms with Crippen LogP contribution in [-0.4, -0.2) is 19.6 Å². The van der Waals surface area contributed by atoms with E-state index in [1.807, 2.05) is 31.2 Å². The van der Waals surface area contributed by atoms with Gasteiger partial charge in [0.15, 0.2) is 5.90 Å². The van der Waals surface area contributed by atoms with Gasteiger partial charge in [0.25, 0.3) is 0 Å². The van der Waals surface area contributed by atoms with Crippen LogP contribution in [0.25, 0.3) is 0 Å². The minimum absolute atomic E-state index is 0.0936. The molecule has 1 unspecified atom stereocenters. The molecule has 1 atom stereocenters. The molecule has 0 spiro atoms. The summed E-state index contributed by atoms with van der Waals surface area (Å²) in [7, 11) is 1.68. The summed E-state index contributed by atoms with van der Waals surface area (Å²) in [5.74, 6) is 1.72. The van der Waals surface area contributed by atoms with Crippen molar-refractivity contribution < 1.29 is 9.47 Å². The monoisotopic (exact) mass is 205 g/mol. The first-order chi connectivity index (χ1) is 7.35. The third-order valence-corrected chi connectivity index (χ3v) is 2.51. The maximum atomic E-state index is 5.46. The third kappa shape index (κ3) is 1.96. The molecular formula is C12H15NO2. The quantitative estimate of drug-likeness (QED) is 0.759. The second kappa shape index (κ2) is 4.34. The van der Waals surface area contributed by atoms with Gasteiger partial charge in [0, 0.05) is 12.0 Å². The van der Waals surface area contributed by atoms with Gasteiger partial charge >= 0.3 is 0 Å². The summed E-state index contributed by atoms with van der Waals surface area (Å²) in [4.78, 5) is 4.50. The predicted molar refractivity (Wildman–Crippen MR) is 59.4 cm³/mol. The van der Waals surface area contributed by atoms with Crippen molar-refractivity contribution in [1.82, 2.24) is 0 Å². The van der Waals surface area contributed by atoms with Gasteiger partial charge in [-0.3, -0.25) is 0 Å². The van der Waals surface area contributed by atoms with Crippen LogP contribution in [0.4, 0.5) is 0 Å². The maximum absolute atomic E-state index is 5.46. The Morgan fingerprint density at radius 2 is 2.27 bits per heavy atom. The number of aliphatic imine (C=N–C) groups is 1. The van der Waals surface area contributed by atoms with Crippen LogP contribution >= 0.6 is 0 Å². The Labute approximate surface area is 89.7 Å². The van der Waals surface area contributed by atoms with Crippen molar-refractivity contribution in [2.75, 3.05) is 13.7 Å². The molecule has 1 aromatic carbocycles. The number of methoxy groups -OCH3 is 1. The highest BCUT2D eigenvalue weighted by molar-refractivity contribution is 5.77. The van der Waals surface area contributed by atoms with E-state index in [-0.39, 0.29) is 6.04 Å². The molecule has 0 bridgehead atoms. The zero-order valence-corrected chi connectivity index (χ0v) is 9.06. The van der Waals surface area contributed by atoms with Gasteiger partial charge in [0.05, 0.1) is 7.11 Å². The fourth-order valence-corrected chi connectivity index (χ4v) is 1.72. The van der Waals surface area contributed by atoms with Gasteiger partial charge < -0.3 is 9.47 Å². The van der Waals surface area contributed by atoms with E-state index in [2.05, 4.69) is 4.99 Å². The lowest BCUT2D eigenvalue weighted by Gasteiger charge is -2.10. The number of rotatable bonds is 3. The van der Waals surface area contributed by atoms with E-state index in [4.69, 9.17) is 9.47 Å². The van der Waals surface area contributed by atoms with Crippen molar-refractivity contribution in [3.63, 3.8) is 0 Å². The molecule has 0 amide bonds. The Hall–Kier alpha value is -1.51. The zero-order valence-electron chi connectivity index (χ0n) is 9.06. The molecule has 0 aromatic heterocycles. The smallest absolute Gasteiger partial charge is 0.183 e. The molecular weight excluding hydrogens is 190 g/mol. The number of benzene rings is 1. The normalized spacial score (nSPS) is 19.6. The molecule has 3 heteroatoms. The second-order valence-electron chi connectivity index (χ2n) is 3.45. The average Bonchev–Trinajstić information content (AvgIpc) is 2.77. The zero-order chi connectivity index (χ0) is 10.7. The first-order valence-corrected chi connectivity index (χ1v) is 5.17. The van der Waals surface area contributed by atoms with Gasteiger partial charge in [-0.1, -0.05) is 25.1 Å². The van der Waals surface area contributed by atoms with Crippen LogP contribution in [0.5, 0.6) is 5.75 Å². The summed E-state index contributed by atoms with van der Waals surface area (Å²) in [6, 6.07) is 8.04. The molecule has 0 saturated heterocycles. The van der Waals surface area contributed by atoms with Crippen LogP contribution in [-0.2, 0) is 4.74 Å². The summed E-state index contributed by atoms with van der Waals surface area (Å²) in [6.07, 6.45) is 0.853. The summed E-state index contributed by atoms with van der Waals surface area (Å²) >= 11 is 0. The highest BCUT2D eigenvalue weighted by Gasteiger charge is 2.21. The van der Waals surface area contributed by atoms with Crippen molar-refractivity contribution in [3.8, 4) is 5.75 Å². The minimum atomic E-state index is 0.0936. The standard InChI is InChI=1S/C12H15NO2/c1-3-12-13-10(8-15-12)9-6-4-5-7-11(9)14-2/h4-7,10H,3,8H2,1-2H3. The van der Waals surface area contributed by atoms with Gasteiger partial charge in [0.1, 0.15) is 18.4 Å². The van der Waals surface area contributed by atoms with Crippen molar-refractivity contribution >= 4 is 5.90 Å². The van der Waals surface area contributed by atoms with Gasteiger partial charge in [0.2, 0.25) is 0 Å². The van der Waals surface area contributed by atoms with Crippen LogP contribution < -0.4 is 4.74 Å². The summed E-state index contributed by atoms with van der Waals surface area (Å²) < 4.78 is 10.8. The Bertz CT molecular complexity index is 374. The van der Waals surface area contributed by atoms with Gasteiger partial charge in [-0.15, -0.1) is 0 Å². The van der Waals surface area contributed by atoms with Crippen molar-refractivity contribution in [1.29, 1.82) is 0 Å². The SMILES string of the molecule is CCC1=NC(c2ccccc2OC)CO1. The van der Waals surface area contributed by atoms with E-state index in [0.29, 0.717) is 6.61 Å². The topological polar surface area (TPSA) is 30.8 Å².